The fourth-order valence-electron chi connectivity index (χ4n) is 1.37. The molecule has 1 aromatic heterocycles. The van der Waals surface area contributed by atoms with E-state index in [1.165, 1.54) is 25.7 Å². The molecule has 3 nitrogen and oxygen atoms in total. The Morgan fingerprint density at radius 2 is 1.93 bits per heavy atom. The molecule has 0 bridgehead atoms. The van der Waals surface area contributed by atoms with E-state index in [-0.39, 0.29) is 0 Å². The molecule has 0 N–H and O–H groups in total. The van der Waals surface area contributed by atoms with Gasteiger partial charge in [-0.1, -0.05) is 31.8 Å². The third-order valence-corrected chi connectivity index (χ3v) is 2.28. The molecule has 0 unspecified atom stereocenters. The van der Waals surface area contributed by atoms with Gasteiger partial charge in [0.1, 0.15) is 12.0 Å². The highest BCUT2D eigenvalue weighted by molar-refractivity contribution is 5.39. The Kier molecular flexibility index (Phi) is 5.12. The first-order chi connectivity index (χ1) is 6.88. The maximum absolute atomic E-state index is 4.81. The van der Waals surface area contributed by atoms with Crippen molar-refractivity contribution >= 4 is 5.69 Å². The second-order valence-corrected chi connectivity index (χ2v) is 3.51. The molecule has 0 saturated carbocycles. The molecule has 1 radical (unpaired) electrons. The minimum absolute atomic E-state index is 0.993. The van der Waals surface area contributed by atoms with Crippen molar-refractivity contribution in [2.45, 2.75) is 39.5 Å². The quantitative estimate of drug-likeness (QED) is 0.670. The number of unbranched alkanes of at least 4 members (excludes halogenated alkanes) is 2. The maximum atomic E-state index is 4.81. The smallest absolute Gasteiger partial charge is 0.161 e. The molecule has 0 aliphatic heterocycles. The summed E-state index contributed by atoms with van der Waals surface area (Å²) < 4.78 is 4.81. The average molecular weight is 195 g/mol. The standard InChI is InChI=1S/C11H19N2O/c1-3-5-7-13(8-6-4-2)11-9-12-14-10-11/h10H,3-8H2,1-2H3. The van der Waals surface area contributed by atoms with Crippen LogP contribution >= 0.6 is 0 Å². The summed E-state index contributed by atoms with van der Waals surface area (Å²) in [7, 11) is 0. The zero-order valence-corrected chi connectivity index (χ0v) is 9.12. The number of rotatable bonds is 7. The molecule has 0 spiro atoms. The highest BCUT2D eigenvalue weighted by Gasteiger charge is 2.07. The lowest BCUT2D eigenvalue weighted by Gasteiger charge is -2.21. The topological polar surface area (TPSA) is 29.3 Å². The molecule has 0 amide bonds. The molecular formula is C11H19N2O. The molecule has 1 rings (SSSR count). The van der Waals surface area contributed by atoms with Gasteiger partial charge in [0.05, 0.1) is 0 Å². The Bertz CT molecular complexity index is 213. The predicted octanol–water partition coefficient (Wildman–Crippen LogP) is 2.88. The van der Waals surface area contributed by atoms with Crippen LogP contribution in [0.2, 0.25) is 0 Å². The molecule has 0 atom stereocenters. The van der Waals surface area contributed by atoms with E-state index in [4.69, 9.17) is 4.52 Å². The lowest BCUT2D eigenvalue weighted by atomic mass is 10.2. The Hall–Kier alpha value is -0.990. The van der Waals surface area contributed by atoms with Gasteiger partial charge in [-0.25, -0.2) is 0 Å². The van der Waals surface area contributed by atoms with Crippen LogP contribution < -0.4 is 4.90 Å². The fraction of sp³-hybridized carbons (Fsp3) is 0.727. The number of aromatic nitrogens is 1. The molecule has 0 saturated heterocycles. The normalized spacial score (nSPS) is 10.4. The van der Waals surface area contributed by atoms with E-state index < -0.39 is 0 Å². The molecular weight excluding hydrogens is 176 g/mol. The van der Waals surface area contributed by atoms with Gasteiger partial charge in [0.15, 0.2) is 6.20 Å². The van der Waals surface area contributed by atoms with Crippen LogP contribution in [0.15, 0.2) is 10.8 Å². The van der Waals surface area contributed by atoms with E-state index in [0.29, 0.717) is 0 Å². The minimum Gasteiger partial charge on any atom is -0.367 e. The van der Waals surface area contributed by atoms with Crippen molar-refractivity contribution in [3.8, 4) is 0 Å². The van der Waals surface area contributed by atoms with Crippen molar-refractivity contribution in [3.63, 3.8) is 0 Å². The van der Waals surface area contributed by atoms with Gasteiger partial charge < -0.3 is 9.42 Å². The lowest BCUT2D eigenvalue weighted by molar-refractivity contribution is 0.418. The summed E-state index contributed by atoms with van der Waals surface area (Å²) in [6, 6.07) is 0. The zero-order chi connectivity index (χ0) is 10.2. The SMILES string of the molecule is CCCCN(CCCC)c1[c]noc1. The molecule has 1 heterocycles. The third kappa shape index (κ3) is 3.40. The number of anilines is 1. The molecule has 0 aliphatic rings. The van der Waals surface area contributed by atoms with Crippen LogP contribution in [0.3, 0.4) is 0 Å². The number of hydrogen-bond acceptors (Lipinski definition) is 3. The Balaban J connectivity index is 2.44. The van der Waals surface area contributed by atoms with Gasteiger partial charge in [-0.15, -0.1) is 0 Å². The summed E-state index contributed by atoms with van der Waals surface area (Å²) in [5, 5.41) is 3.62. The average Bonchev–Trinajstić information content (AvgIpc) is 2.71. The molecule has 0 aromatic carbocycles. The monoisotopic (exact) mass is 195 g/mol. The van der Waals surface area contributed by atoms with E-state index in [1.54, 1.807) is 6.26 Å². The number of hydrogen-bond donors (Lipinski definition) is 0. The summed E-state index contributed by atoms with van der Waals surface area (Å²) in [6.45, 7) is 6.56. The highest BCUT2D eigenvalue weighted by atomic mass is 16.5. The second-order valence-electron chi connectivity index (χ2n) is 3.51. The first-order valence-electron chi connectivity index (χ1n) is 5.45. The molecule has 0 aliphatic carbocycles. The first kappa shape index (κ1) is 11.1. The van der Waals surface area contributed by atoms with E-state index in [0.717, 1.165) is 18.8 Å². The Morgan fingerprint density at radius 1 is 1.29 bits per heavy atom. The van der Waals surface area contributed by atoms with Crippen molar-refractivity contribution in [3.05, 3.63) is 12.5 Å². The van der Waals surface area contributed by atoms with Crippen LogP contribution in [-0.4, -0.2) is 18.2 Å². The predicted molar refractivity (Wildman–Crippen MR) is 57.4 cm³/mol. The van der Waals surface area contributed by atoms with E-state index in [1.807, 2.05) is 0 Å². The largest absolute Gasteiger partial charge is 0.367 e. The van der Waals surface area contributed by atoms with Crippen molar-refractivity contribution in [1.29, 1.82) is 0 Å². The van der Waals surface area contributed by atoms with Gasteiger partial charge in [-0.3, -0.25) is 0 Å². The zero-order valence-electron chi connectivity index (χ0n) is 9.12. The summed E-state index contributed by atoms with van der Waals surface area (Å²) in [5.41, 5.74) is 0.993. The van der Waals surface area contributed by atoms with E-state index in [2.05, 4.69) is 30.1 Å². The van der Waals surface area contributed by atoms with Crippen LogP contribution in [-0.2, 0) is 0 Å². The van der Waals surface area contributed by atoms with Crippen LogP contribution in [0, 0.1) is 6.20 Å². The Labute approximate surface area is 86.1 Å². The molecule has 1 aromatic rings. The number of nitrogens with zero attached hydrogens (tertiary/aromatic N) is 2. The van der Waals surface area contributed by atoms with Crippen molar-refractivity contribution < 1.29 is 4.52 Å². The minimum atomic E-state index is 0.993. The Morgan fingerprint density at radius 3 is 2.36 bits per heavy atom. The first-order valence-corrected chi connectivity index (χ1v) is 5.45. The summed E-state index contributed by atoms with van der Waals surface area (Å²) in [4.78, 5) is 2.30. The third-order valence-electron chi connectivity index (χ3n) is 2.28. The summed E-state index contributed by atoms with van der Waals surface area (Å²) in [6.07, 6.45) is 9.39. The highest BCUT2D eigenvalue weighted by Crippen LogP contribution is 2.13. The van der Waals surface area contributed by atoms with Gasteiger partial charge in [0.2, 0.25) is 0 Å². The van der Waals surface area contributed by atoms with Crippen molar-refractivity contribution in [2.24, 2.45) is 0 Å². The van der Waals surface area contributed by atoms with Crippen molar-refractivity contribution in [1.82, 2.24) is 5.16 Å². The summed E-state index contributed by atoms with van der Waals surface area (Å²) in [5.74, 6) is 0. The van der Waals surface area contributed by atoms with Crippen LogP contribution in [0.4, 0.5) is 5.69 Å². The van der Waals surface area contributed by atoms with Crippen LogP contribution in [0.25, 0.3) is 0 Å². The molecule has 14 heavy (non-hydrogen) atoms. The van der Waals surface area contributed by atoms with E-state index >= 15 is 0 Å². The fourth-order valence-corrected chi connectivity index (χ4v) is 1.37. The van der Waals surface area contributed by atoms with Crippen LogP contribution in [0.1, 0.15) is 39.5 Å². The van der Waals surface area contributed by atoms with Gasteiger partial charge >= 0.3 is 0 Å². The van der Waals surface area contributed by atoms with Gasteiger partial charge in [-0.2, -0.15) is 0 Å². The van der Waals surface area contributed by atoms with Crippen molar-refractivity contribution in [2.75, 3.05) is 18.0 Å². The molecule has 3 heteroatoms. The van der Waals surface area contributed by atoms with Gasteiger partial charge in [0, 0.05) is 13.1 Å². The lowest BCUT2D eigenvalue weighted by Crippen LogP contribution is -2.25. The maximum Gasteiger partial charge on any atom is 0.161 e. The molecule has 79 valence electrons. The van der Waals surface area contributed by atoms with Gasteiger partial charge in [-0.05, 0) is 12.8 Å². The molecule has 0 fully saturated rings. The second kappa shape index (κ2) is 6.46. The van der Waals surface area contributed by atoms with Gasteiger partial charge in [0.25, 0.3) is 0 Å². The summed E-state index contributed by atoms with van der Waals surface area (Å²) >= 11 is 0. The van der Waals surface area contributed by atoms with E-state index in [9.17, 15) is 0 Å². The van der Waals surface area contributed by atoms with Crippen LogP contribution in [0.5, 0.6) is 0 Å².